The second kappa shape index (κ2) is 10.7. The molecule has 8 nitrogen and oxygen atoms in total. The number of rotatable bonds is 9. The SMILES string of the molecule is C=CCn1c(SCC(=O)N2N=C(c3ccccc3)CC2c2ccc(OC)cc2)nnc1-c1ccco1. The van der Waals surface area contributed by atoms with Crippen molar-refractivity contribution >= 4 is 23.4 Å². The topological polar surface area (TPSA) is 85.8 Å². The number of hydrogen-bond donors (Lipinski definition) is 0. The van der Waals surface area contributed by atoms with E-state index in [0.717, 1.165) is 22.6 Å². The van der Waals surface area contributed by atoms with Crippen LogP contribution in [0.4, 0.5) is 0 Å². The Morgan fingerprint density at radius 2 is 1.94 bits per heavy atom. The molecule has 2 aromatic heterocycles. The zero-order chi connectivity index (χ0) is 24.9. The van der Waals surface area contributed by atoms with E-state index in [1.165, 1.54) is 11.8 Å². The molecule has 3 heterocycles. The zero-order valence-corrected chi connectivity index (χ0v) is 20.6. The minimum absolute atomic E-state index is 0.112. The van der Waals surface area contributed by atoms with Gasteiger partial charge in [-0.25, -0.2) is 5.01 Å². The maximum absolute atomic E-state index is 13.5. The molecule has 0 N–H and O–H groups in total. The Balaban J connectivity index is 1.39. The molecule has 5 rings (SSSR count). The smallest absolute Gasteiger partial charge is 0.253 e. The van der Waals surface area contributed by atoms with Crippen LogP contribution in [0.15, 0.2) is 100 Å². The first-order valence-electron chi connectivity index (χ1n) is 11.5. The van der Waals surface area contributed by atoms with E-state index in [2.05, 4.69) is 16.8 Å². The maximum atomic E-state index is 13.5. The van der Waals surface area contributed by atoms with Crippen molar-refractivity contribution in [3.8, 4) is 17.3 Å². The van der Waals surface area contributed by atoms with Gasteiger partial charge in [0.2, 0.25) is 5.82 Å². The molecule has 0 aliphatic carbocycles. The van der Waals surface area contributed by atoms with Crippen LogP contribution in [0.5, 0.6) is 5.75 Å². The normalized spacial score (nSPS) is 15.1. The van der Waals surface area contributed by atoms with Crippen LogP contribution < -0.4 is 4.74 Å². The van der Waals surface area contributed by atoms with Crippen molar-refractivity contribution < 1.29 is 13.9 Å². The lowest BCUT2D eigenvalue weighted by atomic mass is 9.98. The van der Waals surface area contributed by atoms with Gasteiger partial charge < -0.3 is 9.15 Å². The predicted octanol–water partition coefficient (Wildman–Crippen LogP) is 5.20. The van der Waals surface area contributed by atoms with Gasteiger partial charge in [-0.15, -0.1) is 16.8 Å². The molecule has 36 heavy (non-hydrogen) atoms. The van der Waals surface area contributed by atoms with Crippen LogP contribution in [0.1, 0.15) is 23.6 Å². The lowest BCUT2D eigenvalue weighted by Crippen LogP contribution is -2.28. The number of methoxy groups -OCH3 is 1. The zero-order valence-electron chi connectivity index (χ0n) is 19.8. The lowest BCUT2D eigenvalue weighted by Gasteiger charge is -2.22. The summed E-state index contributed by atoms with van der Waals surface area (Å²) in [4.78, 5) is 13.5. The fraction of sp³-hybridized carbons (Fsp3) is 0.185. The molecule has 1 amide bonds. The fourth-order valence-corrected chi connectivity index (χ4v) is 4.90. The summed E-state index contributed by atoms with van der Waals surface area (Å²) in [5.74, 6) is 2.02. The van der Waals surface area contributed by atoms with Crippen LogP contribution in [0.2, 0.25) is 0 Å². The number of allylic oxidation sites excluding steroid dienone is 1. The monoisotopic (exact) mass is 499 g/mol. The van der Waals surface area contributed by atoms with Crippen LogP contribution >= 0.6 is 11.8 Å². The lowest BCUT2D eigenvalue weighted by molar-refractivity contribution is -0.130. The molecule has 1 unspecified atom stereocenters. The molecular formula is C27H25N5O3S. The number of amides is 1. The molecule has 0 saturated heterocycles. The van der Waals surface area contributed by atoms with Crippen LogP contribution in [0.3, 0.4) is 0 Å². The predicted molar refractivity (Wildman–Crippen MR) is 139 cm³/mol. The van der Waals surface area contributed by atoms with Gasteiger partial charge in [-0.2, -0.15) is 5.10 Å². The van der Waals surface area contributed by atoms with Gasteiger partial charge in [0.05, 0.1) is 30.9 Å². The number of furan rings is 1. The first-order valence-corrected chi connectivity index (χ1v) is 12.5. The van der Waals surface area contributed by atoms with Crippen molar-refractivity contribution in [2.75, 3.05) is 12.9 Å². The number of thioether (sulfide) groups is 1. The molecule has 1 aliphatic rings. The van der Waals surface area contributed by atoms with Crippen molar-refractivity contribution in [2.24, 2.45) is 5.10 Å². The van der Waals surface area contributed by atoms with Gasteiger partial charge in [-0.3, -0.25) is 9.36 Å². The Labute approximate surface area is 213 Å². The van der Waals surface area contributed by atoms with E-state index >= 15 is 0 Å². The van der Waals surface area contributed by atoms with E-state index in [-0.39, 0.29) is 17.7 Å². The number of hydrazone groups is 1. The second-order valence-electron chi connectivity index (χ2n) is 8.12. The second-order valence-corrected chi connectivity index (χ2v) is 9.06. The molecule has 0 spiro atoms. The van der Waals surface area contributed by atoms with Gasteiger partial charge in [-0.05, 0) is 35.4 Å². The summed E-state index contributed by atoms with van der Waals surface area (Å²) in [5, 5.41) is 15.5. The molecule has 9 heteroatoms. The first-order chi connectivity index (χ1) is 17.7. The van der Waals surface area contributed by atoms with Crippen molar-refractivity contribution in [2.45, 2.75) is 24.2 Å². The van der Waals surface area contributed by atoms with Crippen LogP contribution in [-0.2, 0) is 11.3 Å². The number of ether oxygens (including phenoxy) is 1. The Kier molecular flexibility index (Phi) is 6.99. The highest BCUT2D eigenvalue weighted by molar-refractivity contribution is 7.99. The number of benzene rings is 2. The molecule has 4 aromatic rings. The average Bonchev–Trinajstić information content (AvgIpc) is 3.68. The summed E-state index contributed by atoms with van der Waals surface area (Å²) in [6, 6.07) is 21.1. The molecule has 2 aromatic carbocycles. The number of hydrogen-bond acceptors (Lipinski definition) is 7. The Hall–Kier alpha value is -4.11. The summed E-state index contributed by atoms with van der Waals surface area (Å²) in [6.45, 7) is 4.33. The summed E-state index contributed by atoms with van der Waals surface area (Å²) < 4.78 is 12.7. The van der Waals surface area contributed by atoms with Crippen molar-refractivity contribution in [3.63, 3.8) is 0 Å². The largest absolute Gasteiger partial charge is 0.497 e. The van der Waals surface area contributed by atoms with Gasteiger partial charge in [0.1, 0.15) is 5.75 Å². The number of nitrogens with zero attached hydrogens (tertiary/aromatic N) is 5. The molecular weight excluding hydrogens is 474 g/mol. The molecule has 1 aliphatic heterocycles. The van der Waals surface area contributed by atoms with Gasteiger partial charge in [0.25, 0.3) is 5.91 Å². The van der Waals surface area contributed by atoms with E-state index in [1.807, 2.05) is 65.2 Å². The number of carbonyl (C=O) groups is 1. The van der Waals surface area contributed by atoms with Crippen molar-refractivity contribution in [1.82, 2.24) is 19.8 Å². The quantitative estimate of drug-likeness (QED) is 0.232. The van der Waals surface area contributed by atoms with Gasteiger partial charge >= 0.3 is 0 Å². The minimum Gasteiger partial charge on any atom is -0.497 e. The molecule has 0 fully saturated rings. The fourth-order valence-electron chi connectivity index (χ4n) is 4.10. The Morgan fingerprint density at radius 1 is 1.14 bits per heavy atom. The molecule has 0 radical (unpaired) electrons. The summed E-state index contributed by atoms with van der Waals surface area (Å²) in [5.41, 5.74) is 2.89. The van der Waals surface area contributed by atoms with Crippen molar-refractivity contribution in [3.05, 3.63) is 96.8 Å². The minimum atomic E-state index is -0.205. The van der Waals surface area contributed by atoms with Crippen molar-refractivity contribution in [1.29, 1.82) is 0 Å². The van der Waals surface area contributed by atoms with E-state index < -0.39 is 0 Å². The van der Waals surface area contributed by atoms with Crippen LogP contribution in [0.25, 0.3) is 11.6 Å². The van der Waals surface area contributed by atoms with E-state index in [9.17, 15) is 4.79 Å². The molecule has 0 saturated carbocycles. The third kappa shape index (κ3) is 4.83. The third-order valence-electron chi connectivity index (χ3n) is 5.87. The third-order valence-corrected chi connectivity index (χ3v) is 6.82. The van der Waals surface area contributed by atoms with Gasteiger partial charge in [-0.1, -0.05) is 60.3 Å². The summed E-state index contributed by atoms with van der Waals surface area (Å²) in [7, 11) is 1.64. The number of carbonyl (C=O) groups excluding carboxylic acids is 1. The first kappa shape index (κ1) is 23.6. The Morgan fingerprint density at radius 3 is 2.64 bits per heavy atom. The van der Waals surface area contributed by atoms with E-state index in [4.69, 9.17) is 14.3 Å². The van der Waals surface area contributed by atoms with Crippen LogP contribution in [-0.4, -0.2) is 44.3 Å². The van der Waals surface area contributed by atoms with E-state index in [1.54, 1.807) is 30.5 Å². The highest BCUT2D eigenvalue weighted by Gasteiger charge is 2.33. The maximum Gasteiger partial charge on any atom is 0.253 e. The van der Waals surface area contributed by atoms with Gasteiger partial charge in [0, 0.05) is 13.0 Å². The Bertz CT molecular complexity index is 1360. The summed E-state index contributed by atoms with van der Waals surface area (Å²) in [6.07, 6.45) is 3.98. The van der Waals surface area contributed by atoms with Gasteiger partial charge in [0.15, 0.2) is 10.9 Å². The average molecular weight is 500 g/mol. The molecule has 1 atom stereocenters. The number of aromatic nitrogens is 3. The highest BCUT2D eigenvalue weighted by atomic mass is 32.2. The summed E-state index contributed by atoms with van der Waals surface area (Å²) >= 11 is 1.32. The van der Waals surface area contributed by atoms with E-state index in [0.29, 0.717) is 29.7 Å². The molecule has 0 bridgehead atoms. The highest BCUT2D eigenvalue weighted by Crippen LogP contribution is 2.34. The van der Waals surface area contributed by atoms with Crippen LogP contribution in [0, 0.1) is 0 Å². The standard InChI is InChI=1S/C27H25N5O3S/c1-3-15-31-26(24-10-7-16-35-24)28-29-27(31)36-18-25(33)32-23(20-11-13-21(34-2)14-12-20)17-22(30-32)19-8-5-4-6-9-19/h3-14,16,23H,1,15,17-18H2,2H3. The molecule has 182 valence electrons.